The Morgan fingerprint density at radius 1 is 0.968 bits per heavy atom. The highest BCUT2D eigenvalue weighted by molar-refractivity contribution is 7.92. The summed E-state index contributed by atoms with van der Waals surface area (Å²) in [5.41, 5.74) is 2.01. The van der Waals surface area contributed by atoms with Crippen LogP contribution in [0, 0.1) is 0 Å². The maximum absolute atomic E-state index is 12.8. The third-order valence-electron chi connectivity index (χ3n) is 4.96. The predicted octanol–water partition coefficient (Wildman–Crippen LogP) is 3.88. The fourth-order valence-electron chi connectivity index (χ4n) is 3.12. The van der Waals surface area contributed by atoms with Crippen molar-refractivity contribution in [2.45, 2.75) is 17.7 Å². The van der Waals surface area contributed by atoms with Gasteiger partial charge in [-0.05, 0) is 60.9 Å². The van der Waals surface area contributed by atoms with Gasteiger partial charge in [0.15, 0.2) is 0 Å². The van der Waals surface area contributed by atoms with Crippen molar-refractivity contribution in [3.8, 4) is 5.75 Å². The largest absolute Gasteiger partial charge is 0.497 e. The average molecular weight is 439 g/mol. The Bertz CT molecular complexity index is 1110. The number of aryl methyl sites for hydroxylation is 1. The molecule has 3 aromatic carbocycles. The number of amides is 1. The number of methoxy groups -OCH3 is 1. The van der Waals surface area contributed by atoms with E-state index < -0.39 is 10.0 Å². The first-order valence-electron chi connectivity index (χ1n) is 9.97. The van der Waals surface area contributed by atoms with E-state index in [9.17, 15) is 13.2 Å². The molecule has 0 aliphatic heterocycles. The lowest BCUT2D eigenvalue weighted by molar-refractivity contribution is 0.0953. The van der Waals surface area contributed by atoms with Crippen LogP contribution >= 0.6 is 0 Å². The minimum atomic E-state index is -3.70. The SMILES string of the molecule is COc1ccc(CCCNC(=O)c2cccc(N(C)S(=O)(=O)c3ccccc3)c2)cc1. The fraction of sp³-hybridized carbons (Fsp3) is 0.208. The van der Waals surface area contributed by atoms with Crippen LogP contribution in [0.25, 0.3) is 0 Å². The number of rotatable bonds is 9. The Hall–Kier alpha value is -3.32. The third-order valence-corrected chi connectivity index (χ3v) is 6.76. The van der Waals surface area contributed by atoms with Crippen LogP contribution in [0.3, 0.4) is 0 Å². The summed E-state index contributed by atoms with van der Waals surface area (Å²) in [6, 6.07) is 22.7. The standard InChI is InChI=1S/C24H26N2O4S/c1-26(31(28,29)23-11-4-3-5-12-23)21-10-6-9-20(18-21)24(27)25-17-7-8-19-13-15-22(30-2)16-14-19/h3-6,9-16,18H,7-8,17H2,1-2H3,(H,25,27). The van der Waals surface area contributed by atoms with Gasteiger partial charge in [-0.25, -0.2) is 8.42 Å². The molecular weight excluding hydrogens is 412 g/mol. The highest BCUT2D eigenvalue weighted by atomic mass is 32.2. The number of hydrogen-bond donors (Lipinski definition) is 1. The fourth-order valence-corrected chi connectivity index (χ4v) is 4.33. The van der Waals surface area contributed by atoms with Gasteiger partial charge >= 0.3 is 0 Å². The van der Waals surface area contributed by atoms with Gasteiger partial charge in [-0.3, -0.25) is 9.10 Å². The van der Waals surface area contributed by atoms with E-state index in [1.54, 1.807) is 61.7 Å². The normalized spacial score (nSPS) is 11.0. The summed E-state index contributed by atoms with van der Waals surface area (Å²) >= 11 is 0. The number of carbonyl (C=O) groups excluding carboxylic acids is 1. The molecule has 0 fully saturated rings. The first kappa shape index (κ1) is 22.4. The number of ether oxygens (including phenoxy) is 1. The van der Waals surface area contributed by atoms with Gasteiger partial charge in [0.2, 0.25) is 0 Å². The van der Waals surface area contributed by atoms with Crippen molar-refractivity contribution in [3.63, 3.8) is 0 Å². The summed E-state index contributed by atoms with van der Waals surface area (Å²) in [6.45, 7) is 0.521. The molecule has 1 amide bonds. The Labute approximate surface area is 183 Å². The molecule has 0 saturated heterocycles. The summed E-state index contributed by atoms with van der Waals surface area (Å²) in [7, 11) is -0.585. The van der Waals surface area contributed by atoms with Crippen LogP contribution in [0.1, 0.15) is 22.3 Å². The molecule has 162 valence electrons. The average Bonchev–Trinajstić information content (AvgIpc) is 2.82. The maximum Gasteiger partial charge on any atom is 0.264 e. The van der Waals surface area contributed by atoms with Crippen molar-refractivity contribution in [3.05, 3.63) is 90.0 Å². The summed E-state index contributed by atoms with van der Waals surface area (Å²) in [5.74, 6) is 0.582. The van der Waals surface area contributed by atoms with Gasteiger partial charge in [0.05, 0.1) is 17.7 Å². The number of hydrogen-bond acceptors (Lipinski definition) is 4. The molecule has 3 rings (SSSR count). The zero-order chi connectivity index (χ0) is 22.3. The molecule has 0 unspecified atom stereocenters. The number of sulfonamides is 1. The Morgan fingerprint density at radius 3 is 2.35 bits per heavy atom. The van der Waals surface area contributed by atoms with Crippen molar-refractivity contribution in [2.24, 2.45) is 0 Å². The van der Waals surface area contributed by atoms with Gasteiger partial charge in [0, 0.05) is 19.2 Å². The Kier molecular flexibility index (Phi) is 7.31. The molecule has 0 aliphatic rings. The second kappa shape index (κ2) is 10.1. The molecule has 0 saturated carbocycles. The van der Waals surface area contributed by atoms with E-state index in [1.165, 1.54) is 16.9 Å². The summed E-state index contributed by atoms with van der Waals surface area (Å²) < 4.78 is 32.0. The van der Waals surface area contributed by atoms with Gasteiger partial charge in [-0.1, -0.05) is 36.4 Å². The van der Waals surface area contributed by atoms with E-state index in [0.29, 0.717) is 17.8 Å². The number of carbonyl (C=O) groups is 1. The van der Waals surface area contributed by atoms with Gasteiger partial charge < -0.3 is 10.1 Å². The lowest BCUT2D eigenvalue weighted by Crippen LogP contribution is -2.28. The van der Waals surface area contributed by atoms with Crippen LogP contribution < -0.4 is 14.4 Å². The molecule has 0 heterocycles. The van der Waals surface area contributed by atoms with Crippen molar-refractivity contribution < 1.29 is 17.9 Å². The number of nitrogens with one attached hydrogen (secondary N) is 1. The maximum atomic E-state index is 12.8. The van der Waals surface area contributed by atoms with Gasteiger partial charge in [0.25, 0.3) is 15.9 Å². The van der Waals surface area contributed by atoms with E-state index >= 15 is 0 Å². The van der Waals surface area contributed by atoms with Crippen LogP contribution in [-0.2, 0) is 16.4 Å². The lowest BCUT2D eigenvalue weighted by atomic mass is 10.1. The zero-order valence-electron chi connectivity index (χ0n) is 17.6. The monoisotopic (exact) mass is 438 g/mol. The Balaban J connectivity index is 1.59. The van der Waals surface area contributed by atoms with Gasteiger partial charge in [0.1, 0.15) is 5.75 Å². The highest BCUT2D eigenvalue weighted by Gasteiger charge is 2.21. The second-order valence-corrected chi connectivity index (χ2v) is 9.01. The van der Waals surface area contributed by atoms with E-state index in [0.717, 1.165) is 18.6 Å². The molecule has 0 atom stereocenters. The molecule has 1 N–H and O–H groups in total. The van der Waals surface area contributed by atoms with E-state index in [4.69, 9.17) is 4.74 Å². The molecule has 0 spiro atoms. The smallest absolute Gasteiger partial charge is 0.264 e. The van der Waals surface area contributed by atoms with E-state index in [2.05, 4.69) is 5.32 Å². The van der Waals surface area contributed by atoms with Crippen molar-refractivity contribution in [1.29, 1.82) is 0 Å². The van der Waals surface area contributed by atoms with Gasteiger partial charge in [-0.2, -0.15) is 0 Å². The quantitative estimate of drug-likeness (QED) is 0.515. The van der Waals surface area contributed by atoms with Crippen LogP contribution in [0.15, 0.2) is 83.8 Å². The minimum absolute atomic E-state index is 0.200. The minimum Gasteiger partial charge on any atom is -0.497 e. The highest BCUT2D eigenvalue weighted by Crippen LogP contribution is 2.22. The summed E-state index contributed by atoms with van der Waals surface area (Å²) in [4.78, 5) is 12.7. The van der Waals surface area contributed by atoms with Crippen molar-refractivity contribution >= 4 is 21.6 Å². The Morgan fingerprint density at radius 2 is 1.68 bits per heavy atom. The number of anilines is 1. The molecule has 7 heteroatoms. The molecule has 0 bridgehead atoms. The van der Waals surface area contributed by atoms with Crippen LogP contribution in [0.4, 0.5) is 5.69 Å². The molecule has 6 nitrogen and oxygen atoms in total. The number of benzene rings is 3. The van der Waals surface area contributed by atoms with Crippen LogP contribution in [-0.4, -0.2) is 35.0 Å². The predicted molar refractivity (Wildman–Crippen MR) is 122 cm³/mol. The second-order valence-electron chi connectivity index (χ2n) is 7.04. The summed E-state index contributed by atoms with van der Waals surface area (Å²) in [6.07, 6.45) is 1.63. The third kappa shape index (κ3) is 5.64. The zero-order valence-corrected chi connectivity index (χ0v) is 18.4. The van der Waals surface area contributed by atoms with Crippen molar-refractivity contribution in [2.75, 3.05) is 25.0 Å². The van der Waals surface area contributed by atoms with Crippen LogP contribution in [0.2, 0.25) is 0 Å². The van der Waals surface area contributed by atoms with Crippen molar-refractivity contribution in [1.82, 2.24) is 5.32 Å². The van der Waals surface area contributed by atoms with Gasteiger partial charge in [-0.15, -0.1) is 0 Å². The topological polar surface area (TPSA) is 75.7 Å². The molecular formula is C24H26N2O4S. The molecule has 3 aromatic rings. The first-order chi connectivity index (χ1) is 14.9. The first-order valence-corrected chi connectivity index (χ1v) is 11.4. The van der Waals surface area contributed by atoms with E-state index in [1.807, 2.05) is 24.3 Å². The lowest BCUT2D eigenvalue weighted by Gasteiger charge is -2.20. The molecule has 0 aliphatic carbocycles. The van der Waals surface area contributed by atoms with E-state index in [-0.39, 0.29) is 10.8 Å². The molecule has 0 aromatic heterocycles. The van der Waals surface area contributed by atoms with Crippen LogP contribution in [0.5, 0.6) is 5.75 Å². The number of nitrogens with zero attached hydrogens (tertiary/aromatic N) is 1. The molecule has 0 radical (unpaired) electrons. The molecule has 31 heavy (non-hydrogen) atoms. The summed E-state index contributed by atoms with van der Waals surface area (Å²) in [5, 5.41) is 2.90.